The average molecular weight is 601 g/mol. The third kappa shape index (κ3) is 5.29. The molecule has 0 aliphatic carbocycles. The van der Waals surface area contributed by atoms with Crippen LogP contribution in [-0.4, -0.2) is 38.7 Å². The van der Waals surface area contributed by atoms with Gasteiger partial charge in [-0.05, 0) is 73.9 Å². The van der Waals surface area contributed by atoms with Crippen molar-refractivity contribution in [1.82, 2.24) is 4.57 Å². The van der Waals surface area contributed by atoms with Crippen LogP contribution in [0.5, 0.6) is 0 Å². The quantitative estimate of drug-likeness (QED) is 0.267. The van der Waals surface area contributed by atoms with Gasteiger partial charge in [-0.15, -0.1) is 0 Å². The van der Waals surface area contributed by atoms with Crippen LogP contribution in [0.15, 0.2) is 81.1 Å². The number of sulfonamides is 1. The molecule has 0 spiro atoms. The minimum atomic E-state index is -3.75. The van der Waals surface area contributed by atoms with E-state index in [9.17, 15) is 13.2 Å². The van der Waals surface area contributed by atoms with E-state index in [0.29, 0.717) is 36.7 Å². The summed E-state index contributed by atoms with van der Waals surface area (Å²) in [6, 6.07) is 19.6. The maximum Gasteiger partial charge on any atom is 0.279 e. The van der Waals surface area contributed by atoms with E-state index >= 15 is 0 Å². The molecule has 37 heavy (non-hydrogen) atoms. The zero-order valence-corrected chi connectivity index (χ0v) is 23.5. The summed E-state index contributed by atoms with van der Waals surface area (Å²) in [4.78, 5) is 18.2. The van der Waals surface area contributed by atoms with Gasteiger partial charge in [0.2, 0.25) is 0 Å². The molecule has 0 N–H and O–H groups in total. The minimum Gasteiger partial charge on any atom is -0.380 e. The number of amides is 1. The van der Waals surface area contributed by atoms with Crippen molar-refractivity contribution in [2.24, 2.45) is 4.99 Å². The van der Waals surface area contributed by atoms with Crippen LogP contribution in [0.3, 0.4) is 0 Å². The molecule has 3 aromatic carbocycles. The third-order valence-electron chi connectivity index (χ3n) is 6.26. The molecule has 0 unspecified atom stereocenters. The maximum absolute atomic E-state index is 13.4. The number of carbonyl (C=O) groups is 1. The number of aromatic nitrogens is 1. The second-order valence-corrected chi connectivity index (χ2v) is 12.4. The van der Waals surface area contributed by atoms with E-state index in [1.54, 1.807) is 0 Å². The Morgan fingerprint density at radius 1 is 1.11 bits per heavy atom. The number of hydrogen-bond donors (Lipinski definition) is 0. The lowest BCUT2D eigenvalue weighted by Gasteiger charge is -2.30. The summed E-state index contributed by atoms with van der Waals surface area (Å²) in [5.41, 5.74) is 3.04. The molecule has 10 heteroatoms. The van der Waals surface area contributed by atoms with Crippen LogP contribution in [0.1, 0.15) is 29.3 Å². The molecule has 0 atom stereocenters. The summed E-state index contributed by atoms with van der Waals surface area (Å²) in [5, 5.41) is 0. The average Bonchev–Trinajstić information content (AvgIpc) is 3.24. The first-order valence-electron chi connectivity index (χ1n) is 12.0. The predicted octanol–water partition coefficient (Wildman–Crippen LogP) is 5.38. The topological polar surface area (TPSA) is 81.0 Å². The molecule has 1 aromatic heterocycles. The molecule has 2 heterocycles. The number of nitrogens with zero attached hydrogens (tertiary/aromatic N) is 3. The first-order valence-corrected chi connectivity index (χ1v) is 15.1. The number of rotatable bonds is 7. The second kappa shape index (κ2) is 10.9. The first kappa shape index (κ1) is 25.8. The molecular formula is C27H26BrN3O4S2. The largest absolute Gasteiger partial charge is 0.380 e. The van der Waals surface area contributed by atoms with Gasteiger partial charge in [0.1, 0.15) is 0 Å². The van der Waals surface area contributed by atoms with Crippen molar-refractivity contribution in [1.29, 1.82) is 0 Å². The highest BCUT2D eigenvalue weighted by atomic mass is 79.9. The van der Waals surface area contributed by atoms with Crippen molar-refractivity contribution in [2.45, 2.75) is 31.2 Å². The Morgan fingerprint density at radius 3 is 2.68 bits per heavy atom. The first-order chi connectivity index (χ1) is 17.9. The standard InChI is InChI=1S/C27H26BrN3O4S2/c1-2-35-17-16-30-24-14-11-21(28)18-25(24)36-27(30)29-26(32)20-9-12-22(13-10-20)37(33,34)31-15-5-7-19-6-3-4-8-23(19)31/h3-4,6,8-14,18H,2,5,7,15-17H2,1H3. The van der Waals surface area contributed by atoms with Crippen LogP contribution in [0.25, 0.3) is 10.2 Å². The van der Waals surface area contributed by atoms with Gasteiger partial charge in [-0.25, -0.2) is 8.42 Å². The highest BCUT2D eigenvalue weighted by Gasteiger charge is 2.29. The summed E-state index contributed by atoms with van der Waals surface area (Å²) >= 11 is 4.93. The normalized spacial score (nSPS) is 14.2. The van der Waals surface area contributed by atoms with Gasteiger partial charge in [-0.3, -0.25) is 9.10 Å². The fourth-order valence-electron chi connectivity index (χ4n) is 4.45. The minimum absolute atomic E-state index is 0.152. The fraction of sp³-hybridized carbons (Fsp3) is 0.259. The lowest BCUT2D eigenvalue weighted by Crippen LogP contribution is -2.35. The molecule has 0 fully saturated rings. The molecule has 192 valence electrons. The highest BCUT2D eigenvalue weighted by molar-refractivity contribution is 9.10. The number of hydrogen-bond acceptors (Lipinski definition) is 5. The van der Waals surface area contributed by atoms with Crippen LogP contribution < -0.4 is 9.11 Å². The van der Waals surface area contributed by atoms with E-state index in [1.807, 2.05) is 54.0 Å². The number of ether oxygens (including phenoxy) is 1. The summed E-state index contributed by atoms with van der Waals surface area (Å²) in [7, 11) is -3.75. The van der Waals surface area contributed by atoms with Crippen molar-refractivity contribution in [3.63, 3.8) is 0 Å². The SMILES string of the molecule is CCOCCn1c(=NC(=O)c2ccc(S(=O)(=O)N3CCCc4ccccc43)cc2)sc2cc(Br)ccc21. The number of aryl methyl sites for hydroxylation is 1. The van der Waals surface area contributed by atoms with Crippen molar-refractivity contribution in [3.8, 4) is 0 Å². The van der Waals surface area contributed by atoms with E-state index in [1.165, 1.54) is 39.9 Å². The number of anilines is 1. The molecule has 0 bridgehead atoms. The molecule has 1 aliphatic rings. The molecule has 7 nitrogen and oxygen atoms in total. The maximum atomic E-state index is 13.4. The lowest BCUT2D eigenvalue weighted by atomic mass is 10.0. The molecule has 0 saturated carbocycles. The zero-order chi connectivity index (χ0) is 26.0. The summed E-state index contributed by atoms with van der Waals surface area (Å²) in [6.07, 6.45) is 1.62. The van der Waals surface area contributed by atoms with Crippen LogP contribution in [0.4, 0.5) is 5.69 Å². The molecule has 4 aromatic rings. The Morgan fingerprint density at radius 2 is 1.89 bits per heavy atom. The molecule has 0 saturated heterocycles. The van der Waals surface area contributed by atoms with Gasteiger partial charge in [0.15, 0.2) is 4.80 Å². The predicted molar refractivity (Wildman–Crippen MR) is 150 cm³/mol. The molecule has 1 aliphatic heterocycles. The van der Waals surface area contributed by atoms with Crippen molar-refractivity contribution in [3.05, 3.63) is 87.1 Å². The van der Waals surface area contributed by atoms with Crippen LogP contribution in [0, 0.1) is 0 Å². The molecule has 0 radical (unpaired) electrons. The van der Waals surface area contributed by atoms with Crippen LogP contribution in [-0.2, 0) is 27.7 Å². The molecule has 1 amide bonds. The van der Waals surface area contributed by atoms with Gasteiger partial charge < -0.3 is 9.30 Å². The number of carbonyl (C=O) groups excluding carboxylic acids is 1. The smallest absolute Gasteiger partial charge is 0.279 e. The van der Waals surface area contributed by atoms with Gasteiger partial charge in [0, 0.05) is 29.7 Å². The summed E-state index contributed by atoms with van der Waals surface area (Å²) in [6.45, 7) is 4.05. The van der Waals surface area contributed by atoms with Gasteiger partial charge in [0.05, 0.1) is 27.4 Å². The van der Waals surface area contributed by atoms with Gasteiger partial charge in [-0.1, -0.05) is 45.5 Å². The van der Waals surface area contributed by atoms with Crippen molar-refractivity contribution in [2.75, 3.05) is 24.1 Å². The van der Waals surface area contributed by atoms with E-state index in [4.69, 9.17) is 4.74 Å². The van der Waals surface area contributed by atoms with Crippen molar-refractivity contribution < 1.29 is 17.9 Å². The Hall–Kier alpha value is -2.79. The van der Waals surface area contributed by atoms with E-state index in [2.05, 4.69) is 20.9 Å². The van der Waals surface area contributed by atoms with E-state index < -0.39 is 15.9 Å². The second-order valence-electron chi connectivity index (χ2n) is 8.60. The van der Waals surface area contributed by atoms with E-state index in [-0.39, 0.29) is 4.90 Å². The Balaban J connectivity index is 1.45. The lowest BCUT2D eigenvalue weighted by molar-refractivity contribution is 0.0996. The number of thiazole rings is 1. The van der Waals surface area contributed by atoms with E-state index in [0.717, 1.165) is 38.8 Å². The monoisotopic (exact) mass is 599 g/mol. The molecule has 5 rings (SSSR count). The Bertz CT molecular complexity index is 1630. The third-order valence-corrected chi connectivity index (χ3v) is 9.62. The number of halogens is 1. The number of fused-ring (bicyclic) bond motifs is 2. The highest BCUT2D eigenvalue weighted by Crippen LogP contribution is 2.32. The molecular weight excluding hydrogens is 574 g/mol. The fourth-order valence-corrected chi connectivity index (χ4v) is 7.59. The summed E-state index contributed by atoms with van der Waals surface area (Å²) in [5.74, 6) is -0.428. The zero-order valence-electron chi connectivity index (χ0n) is 20.3. The van der Waals surface area contributed by atoms with Crippen molar-refractivity contribution >= 4 is 59.1 Å². The van der Waals surface area contributed by atoms with Crippen LogP contribution in [0.2, 0.25) is 0 Å². The summed E-state index contributed by atoms with van der Waals surface area (Å²) < 4.78 is 37.8. The number of benzene rings is 3. The Kier molecular flexibility index (Phi) is 7.62. The van der Waals surface area contributed by atoms with Crippen LogP contribution >= 0.6 is 27.3 Å². The van der Waals surface area contributed by atoms with Gasteiger partial charge in [-0.2, -0.15) is 4.99 Å². The Labute approximate surface area is 228 Å². The van der Waals surface area contributed by atoms with Gasteiger partial charge >= 0.3 is 0 Å². The van der Waals surface area contributed by atoms with Gasteiger partial charge in [0.25, 0.3) is 15.9 Å². The number of para-hydroxylation sites is 1.